The zero-order chi connectivity index (χ0) is 18.9. The van der Waals surface area contributed by atoms with Crippen molar-refractivity contribution in [3.63, 3.8) is 0 Å². The van der Waals surface area contributed by atoms with Crippen molar-refractivity contribution in [3.05, 3.63) is 59.4 Å². The van der Waals surface area contributed by atoms with Crippen LogP contribution in [-0.4, -0.2) is 22.1 Å². The highest BCUT2D eigenvalue weighted by Gasteiger charge is 2.43. The van der Waals surface area contributed by atoms with Crippen LogP contribution in [0.1, 0.15) is 17.9 Å². The molecular formula is C18H13ClF3N3O. The van der Waals surface area contributed by atoms with Crippen LogP contribution in [0, 0.1) is 0 Å². The number of aromatic nitrogens is 2. The second-order valence-corrected chi connectivity index (χ2v) is 6.15. The van der Waals surface area contributed by atoms with Gasteiger partial charge in [-0.3, -0.25) is 9.78 Å². The van der Waals surface area contributed by atoms with Gasteiger partial charge in [-0.15, -0.1) is 0 Å². The maximum Gasteiger partial charge on any atom is 0.396 e. The summed E-state index contributed by atoms with van der Waals surface area (Å²) in [4.78, 5) is 19.6. The van der Waals surface area contributed by atoms with Gasteiger partial charge in [0.25, 0.3) is 0 Å². The van der Waals surface area contributed by atoms with Gasteiger partial charge in [-0.05, 0) is 29.8 Å². The first-order valence-corrected chi connectivity index (χ1v) is 7.99. The molecule has 2 heterocycles. The van der Waals surface area contributed by atoms with E-state index in [9.17, 15) is 18.0 Å². The van der Waals surface area contributed by atoms with Gasteiger partial charge in [0, 0.05) is 29.8 Å². The van der Waals surface area contributed by atoms with Crippen molar-refractivity contribution in [1.82, 2.24) is 9.97 Å². The van der Waals surface area contributed by atoms with Gasteiger partial charge in [0.1, 0.15) is 0 Å². The standard InChI is InChI=1S/C18H13ClF3N3O/c19-14-5-1-3-10-7-12(13(8-15(23)26)18(20,21)22)16(25-17(10)14)11-4-2-6-24-9-11/h1-7,9,13H,8H2,(H2,23,26)/t13-/m0/s1. The van der Waals surface area contributed by atoms with E-state index in [4.69, 9.17) is 17.3 Å². The molecule has 0 saturated heterocycles. The van der Waals surface area contributed by atoms with Crippen LogP contribution in [0.25, 0.3) is 22.2 Å². The van der Waals surface area contributed by atoms with Gasteiger partial charge in [0.2, 0.25) is 5.91 Å². The number of primary amides is 1. The molecule has 1 atom stereocenters. The lowest BCUT2D eigenvalue weighted by Crippen LogP contribution is -2.27. The Balaban J connectivity index is 2.33. The fourth-order valence-electron chi connectivity index (χ4n) is 2.78. The van der Waals surface area contributed by atoms with Gasteiger partial charge in [-0.2, -0.15) is 13.2 Å². The number of hydrogen-bond donors (Lipinski definition) is 1. The number of alkyl halides is 3. The highest BCUT2D eigenvalue weighted by Crippen LogP contribution is 2.42. The van der Waals surface area contributed by atoms with Gasteiger partial charge in [0.05, 0.1) is 22.2 Å². The molecule has 3 rings (SSSR count). The quantitative estimate of drug-likeness (QED) is 0.727. The Morgan fingerprint density at radius 3 is 2.62 bits per heavy atom. The van der Waals surface area contributed by atoms with Gasteiger partial charge >= 0.3 is 6.18 Å². The summed E-state index contributed by atoms with van der Waals surface area (Å²) < 4.78 is 41.0. The molecule has 1 aromatic carbocycles. The molecule has 0 unspecified atom stereocenters. The molecule has 1 amide bonds. The van der Waals surface area contributed by atoms with Crippen LogP contribution in [0.2, 0.25) is 5.02 Å². The van der Waals surface area contributed by atoms with E-state index in [0.717, 1.165) is 0 Å². The summed E-state index contributed by atoms with van der Waals surface area (Å²) >= 11 is 6.15. The van der Waals surface area contributed by atoms with Crippen LogP contribution in [0.5, 0.6) is 0 Å². The molecule has 3 aromatic rings. The van der Waals surface area contributed by atoms with Gasteiger partial charge < -0.3 is 5.73 Å². The lowest BCUT2D eigenvalue weighted by Gasteiger charge is -2.22. The van der Waals surface area contributed by atoms with Crippen molar-refractivity contribution in [1.29, 1.82) is 0 Å². The number of pyridine rings is 2. The summed E-state index contributed by atoms with van der Waals surface area (Å²) in [5.74, 6) is -3.12. The van der Waals surface area contributed by atoms with E-state index in [1.54, 1.807) is 30.3 Å². The van der Waals surface area contributed by atoms with Gasteiger partial charge in [0.15, 0.2) is 0 Å². The number of nitrogens with zero attached hydrogens (tertiary/aromatic N) is 2. The number of para-hydroxylation sites is 1. The van der Waals surface area contributed by atoms with Gasteiger partial charge in [-0.1, -0.05) is 23.7 Å². The molecular weight excluding hydrogens is 367 g/mol. The second-order valence-electron chi connectivity index (χ2n) is 5.74. The molecule has 0 aliphatic rings. The molecule has 0 radical (unpaired) electrons. The van der Waals surface area contributed by atoms with Crippen molar-refractivity contribution in [3.8, 4) is 11.3 Å². The van der Waals surface area contributed by atoms with Crippen LogP contribution in [0.4, 0.5) is 13.2 Å². The van der Waals surface area contributed by atoms with E-state index in [1.807, 2.05) is 0 Å². The van der Waals surface area contributed by atoms with Crippen LogP contribution < -0.4 is 5.73 Å². The van der Waals surface area contributed by atoms with Crippen molar-refractivity contribution >= 4 is 28.4 Å². The second kappa shape index (κ2) is 6.92. The summed E-state index contributed by atoms with van der Waals surface area (Å²) in [6.45, 7) is 0. The summed E-state index contributed by atoms with van der Waals surface area (Å²) in [5, 5.41) is 0.761. The van der Waals surface area contributed by atoms with Crippen molar-refractivity contribution in [2.75, 3.05) is 0 Å². The molecule has 8 heteroatoms. The fraction of sp³-hybridized carbons (Fsp3) is 0.167. The maximum absolute atomic E-state index is 13.7. The minimum atomic E-state index is -4.67. The lowest BCUT2D eigenvalue weighted by atomic mass is 9.90. The van der Waals surface area contributed by atoms with E-state index in [0.29, 0.717) is 21.5 Å². The van der Waals surface area contributed by atoms with Crippen LogP contribution >= 0.6 is 11.6 Å². The highest BCUT2D eigenvalue weighted by atomic mass is 35.5. The zero-order valence-electron chi connectivity index (χ0n) is 13.3. The monoisotopic (exact) mass is 379 g/mol. The first-order chi connectivity index (χ1) is 12.3. The third-order valence-corrected chi connectivity index (χ3v) is 4.24. The summed E-state index contributed by atoms with van der Waals surface area (Å²) in [5.41, 5.74) is 5.76. The average Bonchev–Trinajstić information content (AvgIpc) is 2.59. The molecule has 2 aromatic heterocycles. The van der Waals surface area contributed by atoms with Crippen LogP contribution in [0.3, 0.4) is 0 Å². The Kier molecular flexibility index (Phi) is 4.82. The Morgan fingerprint density at radius 1 is 1.23 bits per heavy atom. The molecule has 0 bridgehead atoms. The Labute approximate surface area is 151 Å². The fourth-order valence-corrected chi connectivity index (χ4v) is 3.01. The predicted octanol–water partition coefficient (Wildman–Crippen LogP) is 4.47. The Hall–Kier alpha value is -2.67. The Bertz CT molecular complexity index is 961. The maximum atomic E-state index is 13.7. The van der Waals surface area contributed by atoms with Gasteiger partial charge in [-0.25, -0.2) is 4.98 Å². The average molecular weight is 380 g/mol. The first-order valence-electron chi connectivity index (χ1n) is 7.62. The van der Waals surface area contributed by atoms with Crippen LogP contribution in [0.15, 0.2) is 48.8 Å². The minimum Gasteiger partial charge on any atom is -0.370 e. The Morgan fingerprint density at radius 2 is 2.00 bits per heavy atom. The molecule has 4 nitrogen and oxygen atoms in total. The molecule has 0 spiro atoms. The third-order valence-electron chi connectivity index (χ3n) is 3.94. The molecule has 0 saturated carbocycles. The van der Waals surface area contributed by atoms with Crippen molar-refractivity contribution in [2.24, 2.45) is 5.73 Å². The largest absolute Gasteiger partial charge is 0.396 e. The van der Waals surface area contributed by atoms with E-state index in [1.165, 1.54) is 18.5 Å². The summed E-state index contributed by atoms with van der Waals surface area (Å²) in [6, 6.07) is 9.39. The SMILES string of the molecule is NC(=O)C[C@@H](c1cc2cccc(Cl)c2nc1-c1cccnc1)C(F)(F)F. The number of fused-ring (bicyclic) bond motifs is 1. The normalized spacial score (nSPS) is 12.9. The van der Waals surface area contributed by atoms with Crippen molar-refractivity contribution < 1.29 is 18.0 Å². The van der Waals surface area contributed by atoms with E-state index < -0.39 is 24.4 Å². The van der Waals surface area contributed by atoms with Crippen molar-refractivity contribution in [2.45, 2.75) is 18.5 Å². The third kappa shape index (κ3) is 3.62. The lowest BCUT2D eigenvalue weighted by molar-refractivity contribution is -0.156. The van der Waals surface area contributed by atoms with E-state index in [2.05, 4.69) is 9.97 Å². The molecule has 0 fully saturated rings. The number of carbonyl (C=O) groups is 1. The number of amides is 1. The van der Waals surface area contributed by atoms with E-state index in [-0.39, 0.29) is 11.3 Å². The number of hydrogen-bond acceptors (Lipinski definition) is 3. The van der Waals surface area contributed by atoms with Crippen LogP contribution in [-0.2, 0) is 4.79 Å². The molecule has 2 N–H and O–H groups in total. The summed E-state index contributed by atoms with van der Waals surface area (Å²) in [7, 11) is 0. The number of halogens is 4. The first kappa shape index (κ1) is 18.1. The summed E-state index contributed by atoms with van der Waals surface area (Å²) in [6.07, 6.45) is -2.63. The number of rotatable bonds is 4. The topological polar surface area (TPSA) is 68.9 Å². The molecule has 26 heavy (non-hydrogen) atoms. The highest BCUT2D eigenvalue weighted by molar-refractivity contribution is 6.35. The number of carbonyl (C=O) groups excluding carboxylic acids is 1. The molecule has 0 aliphatic carbocycles. The number of nitrogens with two attached hydrogens (primary N) is 1. The molecule has 0 aliphatic heterocycles. The van der Waals surface area contributed by atoms with E-state index >= 15 is 0 Å². The zero-order valence-corrected chi connectivity index (χ0v) is 14.1. The smallest absolute Gasteiger partial charge is 0.370 e. The minimum absolute atomic E-state index is 0.0716. The molecule has 134 valence electrons. The predicted molar refractivity (Wildman–Crippen MR) is 92.6 cm³/mol. The number of benzene rings is 1.